The highest BCUT2D eigenvalue weighted by molar-refractivity contribution is 5.67. The Labute approximate surface area is 130 Å². The molecular formula is C15H24N2O5. The second-order valence-corrected chi connectivity index (χ2v) is 4.60. The average Bonchev–Trinajstić information content (AvgIpc) is 2.56. The third-order valence-corrected chi connectivity index (χ3v) is 2.94. The highest BCUT2D eigenvalue weighted by Crippen LogP contribution is 1.98. The molecule has 1 rings (SSSR count). The van der Waals surface area contributed by atoms with Crippen molar-refractivity contribution in [1.29, 1.82) is 0 Å². The van der Waals surface area contributed by atoms with Gasteiger partial charge in [-0.05, 0) is 5.56 Å². The highest BCUT2D eigenvalue weighted by atomic mass is 16.7. The molecule has 0 spiro atoms. The zero-order valence-electron chi connectivity index (χ0n) is 13.0. The van der Waals surface area contributed by atoms with Gasteiger partial charge < -0.3 is 24.6 Å². The lowest BCUT2D eigenvalue weighted by Crippen LogP contribution is -2.37. The molecule has 0 fully saturated rings. The molecule has 124 valence electrons. The van der Waals surface area contributed by atoms with Crippen LogP contribution in [0.25, 0.3) is 0 Å². The van der Waals surface area contributed by atoms with Crippen LogP contribution >= 0.6 is 0 Å². The van der Waals surface area contributed by atoms with Crippen LogP contribution in [0, 0.1) is 0 Å². The van der Waals surface area contributed by atoms with Gasteiger partial charge in [-0.15, -0.1) is 0 Å². The summed E-state index contributed by atoms with van der Waals surface area (Å²) >= 11 is 0. The number of benzene rings is 1. The maximum Gasteiger partial charge on any atom is 0.407 e. The SMILES string of the molecule is COC(CCNC(O)COC(=O)NCc1ccccc1)OC. The van der Waals surface area contributed by atoms with Crippen molar-refractivity contribution in [2.45, 2.75) is 25.5 Å². The van der Waals surface area contributed by atoms with E-state index < -0.39 is 12.3 Å². The molecule has 3 N–H and O–H groups in total. The smallest absolute Gasteiger partial charge is 0.407 e. The monoisotopic (exact) mass is 312 g/mol. The number of aliphatic hydroxyl groups excluding tert-OH is 1. The van der Waals surface area contributed by atoms with Crippen LogP contribution in [0.2, 0.25) is 0 Å². The standard InChI is InChI=1S/C15H24N2O5/c1-20-14(21-2)8-9-16-13(18)11-22-15(19)17-10-12-6-4-3-5-7-12/h3-7,13-14,16,18H,8-11H2,1-2H3,(H,17,19). The number of carbonyl (C=O) groups is 1. The molecule has 22 heavy (non-hydrogen) atoms. The van der Waals surface area contributed by atoms with Crippen molar-refractivity contribution >= 4 is 6.09 Å². The zero-order chi connectivity index (χ0) is 16.2. The van der Waals surface area contributed by atoms with E-state index in [1.54, 1.807) is 14.2 Å². The van der Waals surface area contributed by atoms with Crippen molar-refractivity contribution in [3.8, 4) is 0 Å². The van der Waals surface area contributed by atoms with E-state index in [4.69, 9.17) is 14.2 Å². The van der Waals surface area contributed by atoms with Crippen LogP contribution < -0.4 is 10.6 Å². The Morgan fingerprint density at radius 3 is 2.55 bits per heavy atom. The minimum atomic E-state index is -0.933. The number of alkyl carbamates (subject to hydrolysis) is 1. The van der Waals surface area contributed by atoms with Gasteiger partial charge in [0.2, 0.25) is 0 Å². The van der Waals surface area contributed by atoms with Gasteiger partial charge >= 0.3 is 6.09 Å². The lowest BCUT2D eigenvalue weighted by atomic mass is 10.2. The average molecular weight is 312 g/mol. The lowest BCUT2D eigenvalue weighted by Gasteiger charge is -2.16. The first-order valence-corrected chi connectivity index (χ1v) is 7.07. The fourth-order valence-corrected chi connectivity index (χ4v) is 1.73. The maximum atomic E-state index is 11.5. The van der Waals surface area contributed by atoms with E-state index in [1.807, 2.05) is 30.3 Å². The Morgan fingerprint density at radius 1 is 1.23 bits per heavy atom. The predicted octanol–water partition coefficient (Wildman–Crippen LogP) is 0.830. The molecule has 0 bridgehead atoms. The van der Waals surface area contributed by atoms with E-state index in [9.17, 15) is 9.90 Å². The van der Waals surface area contributed by atoms with E-state index >= 15 is 0 Å². The number of ether oxygens (including phenoxy) is 3. The molecule has 0 saturated carbocycles. The molecule has 0 aliphatic carbocycles. The maximum absolute atomic E-state index is 11.5. The molecule has 1 aromatic carbocycles. The molecule has 1 atom stereocenters. The third kappa shape index (κ3) is 7.94. The zero-order valence-corrected chi connectivity index (χ0v) is 13.0. The summed E-state index contributed by atoms with van der Waals surface area (Å²) in [5, 5.41) is 15.1. The molecule has 0 aromatic heterocycles. The number of rotatable bonds is 10. The van der Waals surface area contributed by atoms with Gasteiger partial charge in [0.15, 0.2) is 6.29 Å². The van der Waals surface area contributed by atoms with E-state index in [2.05, 4.69) is 10.6 Å². The van der Waals surface area contributed by atoms with Crippen LogP contribution in [0.15, 0.2) is 30.3 Å². The van der Waals surface area contributed by atoms with Gasteiger partial charge in [0.05, 0.1) is 0 Å². The Morgan fingerprint density at radius 2 is 1.91 bits per heavy atom. The van der Waals surface area contributed by atoms with Gasteiger partial charge in [0, 0.05) is 33.7 Å². The summed E-state index contributed by atoms with van der Waals surface area (Å²) in [6.45, 7) is 0.723. The van der Waals surface area contributed by atoms with Crippen LogP contribution in [0.3, 0.4) is 0 Å². The van der Waals surface area contributed by atoms with Crippen molar-refractivity contribution in [1.82, 2.24) is 10.6 Å². The molecule has 7 heteroatoms. The Hall–Kier alpha value is -1.67. The molecule has 0 aliphatic heterocycles. The van der Waals surface area contributed by atoms with Crippen LogP contribution in [-0.4, -0.2) is 51.1 Å². The highest BCUT2D eigenvalue weighted by Gasteiger charge is 2.10. The normalized spacial score (nSPS) is 12.2. The summed E-state index contributed by atoms with van der Waals surface area (Å²) in [5.74, 6) is 0. The first kappa shape index (κ1) is 18.4. The summed E-state index contributed by atoms with van der Waals surface area (Å²) in [5.41, 5.74) is 0.975. The fourth-order valence-electron chi connectivity index (χ4n) is 1.73. The van der Waals surface area contributed by atoms with Gasteiger partial charge in [-0.3, -0.25) is 5.32 Å². The molecule has 1 aromatic rings. The number of nitrogens with one attached hydrogen (secondary N) is 2. The van der Waals surface area contributed by atoms with Crippen molar-refractivity contribution in [2.24, 2.45) is 0 Å². The van der Waals surface area contributed by atoms with E-state index in [1.165, 1.54) is 0 Å². The Kier molecular flexibility index (Phi) is 9.17. The molecule has 7 nitrogen and oxygen atoms in total. The second-order valence-electron chi connectivity index (χ2n) is 4.60. The number of hydrogen-bond acceptors (Lipinski definition) is 6. The van der Waals surface area contributed by atoms with Crippen LogP contribution in [0.5, 0.6) is 0 Å². The van der Waals surface area contributed by atoms with Gasteiger partial charge in [-0.1, -0.05) is 30.3 Å². The number of hydrogen-bond donors (Lipinski definition) is 3. The number of carbonyl (C=O) groups excluding carboxylic acids is 1. The van der Waals surface area contributed by atoms with Gasteiger partial charge in [-0.25, -0.2) is 4.79 Å². The first-order chi connectivity index (χ1) is 10.7. The Balaban J connectivity index is 2.10. The van der Waals surface area contributed by atoms with Crippen molar-refractivity contribution in [3.63, 3.8) is 0 Å². The predicted molar refractivity (Wildman–Crippen MR) is 81.1 cm³/mol. The van der Waals surface area contributed by atoms with Crippen molar-refractivity contribution in [2.75, 3.05) is 27.4 Å². The molecule has 0 heterocycles. The van der Waals surface area contributed by atoms with Crippen LogP contribution in [-0.2, 0) is 20.8 Å². The topological polar surface area (TPSA) is 89.0 Å². The number of amides is 1. The molecule has 1 amide bonds. The Bertz CT molecular complexity index is 412. The molecule has 0 saturated heterocycles. The fraction of sp³-hybridized carbons (Fsp3) is 0.533. The summed E-state index contributed by atoms with van der Waals surface area (Å²) < 4.78 is 14.9. The molecule has 0 radical (unpaired) electrons. The minimum Gasteiger partial charge on any atom is -0.445 e. The van der Waals surface area contributed by atoms with E-state index in [-0.39, 0.29) is 12.9 Å². The number of aliphatic hydroxyl groups is 1. The van der Waals surface area contributed by atoms with Crippen molar-refractivity contribution < 1.29 is 24.1 Å². The van der Waals surface area contributed by atoms with Gasteiger partial charge in [-0.2, -0.15) is 0 Å². The number of methoxy groups -OCH3 is 2. The molecule has 1 unspecified atom stereocenters. The second kappa shape index (κ2) is 11.0. The summed E-state index contributed by atoms with van der Waals surface area (Å²) in [4.78, 5) is 11.5. The van der Waals surface area contributed by atoms with Gasteiger partial charge in [0.25, 0.3) is 0 Å². The van der Waals surface area contributed by atoms with Crippen molar-refractivity contribution in [3.05, 3.63) is 35.9 Å². The lowest BCUT2D eigenvalue weighted by molar-refractivity contribution is -0.106. The minimum absolute atomic E-state index is 0.134. The van der Waals surface area contributed by atoms with E-state index in [0.29, 0.717) is 19.5 Å². The van der Waals surface area contributed by atoms with Crippen LogP contribution in [0.1, 0.15) is 12.0 Å². The first-order valence-electron chi connectivity index (χ1n) is 7.07. The summed E-state index contributed by atoms with van der Waals surface area (Å²) in [6.07, 6.45) is -1.26. The summed E-state index contributed by atoms with van der Waals surface area (Å²) in [7, 11) is 3.09. The summed E-state index contributed by atoms with van der Waals surface area (Å²) in [6, 6.07) is 9.49. The third-order valence-electron chi connectivity index (χ3n) is 2.94. The quantitative estimate of drug-likeness (QED) is 0.555. The molecule has 0 aliphatic rings. The largest absolute Gasteiger partial charge is 0.445 e. The van der Waals surface area contributed by atoms with Crippen LogP contribution in [0.4, 0.5) is 4.79 Å². The molecular weight excluding hydrogens is 288 g/mol. The van der Waals surface area contributed by atoms with Gasteiger partial charge in [0.1, 0.15) is 12.8 Å². The van der Waals surface area contributed by atoms with E-state index in [0.717, 1.165) is 5.56 Å².